The molecule has 8 heteroatoms. The normalized spacial score (nSPS) is 15.7. The molecule has 1 unspecified atom stereocenters. The number of hydrogen-bond acceptors (Lipinski definition) is 7. The van der Waals surface area contributed by atoms with Gasteiger partial charge in [0.15, 0.2) is 5.82 Å². The topological polar surface area (TPSA) is 96.5 Å². The fourth-order valence-corrected chi connectivity index (χ4v) is 2.83. The molecule has 142 valence electrons. The van der Waals surface area contributed by atoms with Crippen molar-refractivity contribution in [2.24, 2.45) is 0 Å². The highest BCUT2D eigenvalue weighted by molar-refractivity contribution is 6.32. The number of aliphatic hydroxyl groups is 1. The predicted octanol–water partition coefficient (Wildman–Crippen LogP) is 2.02. The molecule has 0 saturated carbocycles. The van der Waals surface area contributed by atoms with Crippen LogP contribution >= 0.6 is 11.6 Å². The number of aliphatic hydroxyl groups excluding tert-OH is 1. The largest absolute Gasteiger partial charge is 0.381 e. The van der Waals surface area contributed by atoms with Gasteiger partial charge in [0.2, 0.25) is 5.95 Å². The molecule has 4 N–H and O–H groups in total. The summed E-state index contributed by atoms with van der Waals surface area (Å²) in [6.07, 6.45) is 0.774. The van der Waals surface area contributed by atoms with Crippen LogP contribution in [0, 0.1) is 11.8 Å². The van der Waals surface area contributed by atoms with Crippen LogP contribution in [0.4, 0.5) is 17.5 Å². The average Bonchev–Trinajstić information content (AvgIpc) is 2.65. The summed E-state index contributed by atoms with van der Waals surface area (Å²) in [6, 6.07) is 5.87. The lowest BCUT2D eigenvalue weighted by Gasteiger charge is -2.27. The Bertz CT molecular complexity index is 857. The van der Waals surface area contributed by atoms with Crippen molar-refractivity contribution in [3.63, 3.8) is 0 Å². The molecule has 1 fully saturated rings. The Labute approximate surface area is 163 Å². The number of anilines is 3. The van der Waals surface area contributed by atoms with E-state index in [0.29, 0.717) is 10.8 Å². The van der Waals surface area contributed by atoms with Gasteiger partial charge in [0.05, 0.1) is 19.4 Å². The minimum atomic E-state index is -0.689. The van der Waals surface area contributed by atoms with Crippen molar-refractivity contribution < 1.29 is 9.84 Å². The Morgan fingerprint density at radius 3 is 2.93 bits per heavy atom. The van der Waals surface area contributed by atoms with Gasteiger partial charge in [-0.15, -0.1) is 0 Å². The second-order valence-electron chi connectivity index (χ2n) is 6.26. The van der Waals surface area contributed by atoms with Crippen molar-refractivity contribution in [1.29, 1.82) is 0 Å². The first-order valence-corrected chi connectivity index (χ1v) is 9.07. The summed E-state index contributed by atoms with van der Waals surface area (Å²) < 4.78 is 5.42. The monoisotopic (exact) mass is 387 g/mol. The summed E-state index contributed by atoms with van der Waals surface area (Å²) in [7, 11) is 0. The van der Waals surface area contributed by atoms with E-state index in [2.05, 4.69) is 32.0 Å². The van der Waals surface area contributed by atoms with Gasteiger partial charge in [0.25, 0.3) is 0 Å². The van der Waals surface area contributed by atoms with Crippen LogP contribution in [0.1, 0.15) is 18.1 Å². The van der Waals surface area contributed by atoms with Crippen molar-refractivity contribution >= 4 is 29.1 Å². The van der Waals surface area contributed by atoms with E-state index in [9.17, 15) is 5.11 Å². The minimum absolute atomic E-state index is 0.140. The molecule has 0 bridgehead atoms. The molecular formula is C19H22ClN5O2. The van der Waals surface area contributed by atoms with Gasteiger partial charge in [-0.3, -0.25) is 4.90 Å². The van der Waals surface area contributed by atoms with Crippen LogP contribution in [0.15, 0.2) is 24.4 Å². The van der Waals surface area contributed by atoms with Crippen molar-refractivity contribution in [2.45, 2.75) is 19.6 Å². The molecule has 1 saturated heterocycles. The summed E-state index contributed by atoms with van der Waals surface area (Å²) in [4.78, 5) is 10.4. The molecule has 1 aliphatic heterocycles. The molecule has 1 aliphatic rings. The van der Waals surface area contributed by atoms with Crippen LogP contribution in [-0.4, -0.2) is 52.4 Å². The number of nitrogens with one attached hydrogen (secondary N) is 1. The van der Waals surface area contributed by atoms with Crippen molar-refractivity contribution in [2.75, 3.05) is 37.4 Å². The molecular weight excluding hydrogens is 366 g/mol. The summed E-state index contributed by atoms with van der Waals surface area (Å²) >= 11 is 6.20. The molecule has 27 heavy (non-hydrogen) atoms. The molecule has 3 rings (SSSR count). The number of ether oxygens (including phenoxy) is 1. The highest BCUT2D eigenvalue weighted by Gasteiger charge is 2.14. The van der Waals surface area contributed by atoms with Crippen LogP contribution in [0.2, 0.25) is 5.02 Å². The van der Waals surface area contributed by atoms with E-state index >= 15 is 0 Å². The number of nitrogens with two attached hydrogens (primary N) is 1. The maximum Gasteiger partial charge on any atom is 0.222 e. The van der Waals surface area contributed by atoms with Gasteiger partial charge < -0.3 is 20.9 Å². The summed E-state index contributed by atoms with van der Waals surface area (Å²) in [5.41, 5.74) is 8.38. The van der Waals surface area contributed by atoms with Gasteiger partial charge in [-0.2, -0.15) is 4.98 Å². The predicted molar refractivity (Wildman–Crippen MR) is 106 cm³/mol. The van der Waals surface area contributed by atoms with Gasteiger partial charge >= 0.3 is 0 Å². The SMILES string of the molecule is CC(O)C#Cc1ccc(CN2CCOCC2)c(Nc2nc(N)ncc2Cl)c1. The zero-order chi connectivity index (χ0) is 19.2. The number of morpholine rings is 1. The summed E-state index contributed by atoms with van der Waals surface area (Å²) in [5.74, 6) is 6.29. The van der Waals surface area contributed by atoms with Crippen molar-refractivity contribution in [3.05, 3.63) is 40.5 Å². The Morgan fingerprint density at radius 2 is 2.19 bits per heavy atom. The number of rotatable bonds is 4. The number of aromatic nitrogens is 2. The lowest BCUT2D eigenvalue weighted by atomic mass is 10.1. The van der Waals surface area contributed by atoms with Gasteiger partial charge in [0.1, 0.15) is 11.1 Å². The van der Waals surface area contributed by atoms with Gasteiger partial charge in [-0.25, -0.2) is 4.98 Å². The minimum Gasteiger partial charge on any atom is -0.381 e. The van der Waals surface area contributed by atoms with Gasteiger partial charge in [-0.05, 0) is 24.6 Å². The second-order valence-corrected chi connectivity index (χ2v) is 6.66. The number of nitrogen functional groups attached to an aromatic ring is 1. The molecule has 1 aromatic heterocycles. The fraction of sp³-hybridized carbons (Fsp3) is 0.368. The average molecular weight is 388 g/mol. The first kappa shape index (κ1) is 19.4. The highest BCUT2D eigenvalue weighted by Crippen LogP contribution is 2.27. The molecule has 0 aliphatic carbocycles. The van der Waals surface area contributed by atoms with Crippen LogP contribution in [-0.2, 0) is 11.3 Å². The summed E-state index contributed by atoms with van der Waals surface area (Å²) in [5, 5.41) is 13.0. The van der Waals surface area contributed by atoms with Crippen LogP contribution < -0.4 is 11.1 Å². The van der Waals surface area contributed by atoms with E-state index in [0.717, 1.165) is 49.7 Å². The lowest BCUT2D eigenvalue weighted by Crippen LogP contribution is -2.35. The maximum absolute atomic E-state index is 9.40. The van der Waals surface area contributed by atoms with E-state index < -0.39 is 6.10 Å². The van der Waals surface area contributed by atoms with E-state index in [1.807, 2.05) is 18.2 Å². The lowest BCUT2D eigenvalue weighted by molar-refractivity contribution is 0.0343. The fourth-order valence-electron chi connectivity index (χ4n) is 2.69. The first-order chi connectivity index (χ1) is 13.0. The molecule has 7 nitrogen and oxygen atoms in total. The molecule has 2 heterocycles. The van der Waals surface area contributed by atoms with E-state index in [4.69, 9.17) is 22.1 Å². The number of hydrogen-bond donors (Lipinski definition) is 3. The van der Waals surface area contributed by atoms with Crippen LogP contribution in [0.25, 0.3) is 0 Å². The van der Waals surface area contributed by atoms with Crippen molar-refractivity contribution in [1.82, 2.24) is 14.9 Å². The zero-order valence-corrected chi connectivity index (χ0v) is 15.8. The Hall–Kier alpha value is -2.37. The van der Waals surface area contributed by atoms with Crippen LogP contribution in [0.3, 0.4) is 0 Å². The van der Waals surface area contributed by atoms with Gasteiger partial charge in [0, 0.05) is 30.9 Å². The Morgan fingerprint density at radius 1 is 1.41 bits per heavy atom. The zero-order valence-electron chi connectivity index (χ0n) is 15.1. The summed E-state index contributed by atoms with van der Waals surface area (Å²) in [6.45, 7) is 5.61. The third-order valence-electron chi connectivity index (χ3n) is 4.05. The first-order valence-electron chi connectivity index (χ1n) is 8.69. The quantitative estimate of drug-likeness (QED) is 0.690. The van der Waals surface area contributed by atoms with Crippen LogP contribution in [0.5, 0.6) is 0 Å². The third-order valence-corrected chi connectivity index (χ3v) is 4.33. The standard InChI is InChI=1S/C19H22ClN5O2/c1-13(26)2-3-14-4-5-15(12-25-6-8-27-9-7-25)17(10-14)23-18-16(20)11-22-19(21)24-18/h4-5,10-11,13,26H,6-9,12H2,1H3,(H3,21,22,23,24). The third kappa shape index (κ3) is 5.55. The maximum atomic E-state index is 9.40. The Kier molecular flexibility index (Phi) is 6.48. The molecule has 2 aromatic rings. The van der Waals surface area contributed by atoms with E-state index in [-0.39, 0.29) is 5.95 Å². The smallest absolute Gasteiger partial charge is 0.222 e. The second kappa shape index (κ2) is 9.02. The molecule has 0 amide bonds. The molecule has 0 spiro atoms. The van der Waals surface area contributed by atoms with E-state index in [1.54, 1.807) is 6.92 Å². The van der Waals surface area contributed by atoms with E-state index in [1.165, 1.54) is 6.20 Å². The Balaban J connectivity index is 1.91. The number of benzene rings is 1. The number of halogens is 1. The van der Waals surface area contributed by atoms with Crippen molar-refractivity contribution in [3.8, 4) is 11.8 Å². The highest BCUT2D eigenvalue weighted by atomic mass is 35.5. The number of nitrogens with zero attached hydrogens (tertiary/aromatic N) is 3. The molecule has 1 aromatic carbocycles. The molecule has 0 radical (unpaired) electrons. The molecule has 1 atom stereocenters. The van der Waals surface area contributed by atoms with Gasteiger partial charge in [-0.1, -0.05) is 29.5 Å².